The smallest absolute Gasteiger partial charge is 0.327 e. The molecule has 1 fully saturated rings. The maximum Gasteiger partial charge on any atom is 0.327 e. The fraction of sp³-hybridized carbons (Fsp3) is 0.618. The van der Waals surface area contributed by atoms with E-state index in [0.29, 0.717) is 12.1 Å². The molecule has 0 spiro atoms. The van der Waals surface area contributed by atoms with Crippen molar-refractivity contribution in [2.24, 2.45) is 11.5 Å². The molecule has 346 valence electrons. The number of aromatic amines is 1. The predicted molar refractivity (Wildman–Crippen MR) is 219 cm³/mol. The van der Waals surface area contributed by atoms with Crippen molar-refractivity contribution in [1.29, 1.82) is 0 Å². The summed E-state index contributed by atoms with van der Waals surface area (Å²) in [5, 5.41) is 54.9. The van der Waals surface area contributed by atoms with E-state index in [1.165, 1.54) is 19.4 Å². The normalized spacial score (nSPS) is 17.9. The molecule has 1 aliphatic heterocycles. The summed E-state index contributed by atoms with van der Waals surface area (Å²) >= 11 is 7.80. The van der Waals surface area contributed by atoms with Crippen LogP contribution in [0.3, 0.4) is 0 Å². The number of imidazole rings is 1. The zero-order valence-corrected chi connectivity index (χ0v) is 35.4. The van der Waals surface area contributed by atoms with E-state index in [4.69, 9.17) is 11.5 Å². The molecule has 9 amide bonds. The van der Waals surface area contributed by atoms with Gasteiger partial charge in [0.15, 0.2) is 0 Å². The van der Waals surface area contributed by atoms with Gasteiger partial charge in [0.05, 0.1) is 38.1 Å². The summed E-state index contributed by atoms with van der Waals surface area (Å²) in [5.74, 6) is -10.9. The van der Waals surface area contributed by atoms with Gasteiger partial charge in [-0.3, -0.25) is 43.2 Å². The van der Waals surface area contributed by atoms with Crippen molar-refractivity contribution >= 4 is 84.4 Å². The Morgan fingerprint density at radius 3 is 1.84 bits per heavy atom. The Hall–Kier alpha value is -5.55. The fourth-order valence-corrected chi connectivity index (χ4v) is 6.25. The first-order valence-electron chi connectivity index (χ1n) is 19.0. The van der Waals surface area contributed by atoms with E-state index in [1.54, 1.807) is 0 Å². The highest BCUT2D eigenvalue weighted by molar-refractivity contribution is 7.80. The second-order valence-electron chi connectivity index (χ2n) is 14.1. The number of nitrogens with one attached hydrogen (secondary N) is 8. The third-order valence-corrected chi connectivity index (χ3v) is 10.0. The second-order valence-corrected chi connectivity index (χ2v) is 14.8. The van der Waals surface area contributed by atoms with Crippen molar-refractivity contribution in [3.63, 3.8) is 0 Å². The second kappa shape index (κ2) is 25.4. The lowest BCUT2D eigenvalue weighted by Gasteiger charge is -2.30. The molecule has 10 atom stereocenters. The molecule has 1 aliphatic rings. The predicted octanol–water partition coefficient (Wildman–Crippen LogP) is -8.13. The molecule has 0 radical (unpaired) electrons. The number of aliphatic hydroxyl groups is 3. The minimum Gasteiger partial charge on any atom is -0.480 e. The molecule has 62 heavy (non-hydrogen) atoms. The van der Waals surface area contributed by atoms with Gasteiger partial charge in [-0.2, -0.15) is 25.3 Å². The topological polar surface area (TPSA) is 420 Å². The molecule has 1 aromatic rings. The van der Waals surface area contributed by atoms with Crippen LogP contribution in [0.2, 0.25) is 0 Å². The fourth-order valence-electron chi connectivity index (χ4n) is 5.83. The Kier molecular flexibility index (Phi) is 21.5. The van der Waals surface area contributed by atoms with E-state index in [0.717, 1.165) is 11.8 Å². The monoisotopic (exact) mass is 918 g/mol. The lowest BCUT2D eigenvalue weighted by Crippen LogP contribution is -2.62. The Balaban J connectivity index is 2.16. The van der Waals surface area contributed by atoms with E-state index < -0.39 is 139 Å². The zero-order valence-electron chi connectivity index (χ0n) is 33.6. The number of thiol groups is 2. The van der Waals surface area contributed by atoms with Crippen LogP contribution < -0.4 is 48.7 Å². The van der Waals surface area contributed by atoms with Crippen LogP contribution in [0.25, 0.3) is 0 Å². The van der Waals surface area contributed by atoms with Crippen molar-refractivity contribution in [2.45, 2.75) is 100 Å². The van der Waals surface area contributed by atoms with Crippen LogP contribution in [-0.4, -0.2) is 186 Å². The van der Waals surface area contributed by atoms with Crippen LogP contribution in [0.4, 0.5) is 0 Å². The maximum absolute atomic E-state index is 13.6. The van der Waals surface area contributed by atoms with E-state index in [9.17, 15) is 68.4 Å². The number of carbonyl (C=O) groups excluding carboxylic acids is 9. The van der Waals surface area contributed by atoms with Gasteiger partial charge in [0.1, 0.15) is 48.3 Å². The summed E-state index contributed by atoms with van der Waals surface area (Å²) in [6, 6.07) is -13.5. The minimum absolute atomic E-state index is 0.0507. The van der Waals surface area contributed by atoms with Crippen LogP contribution in [0, 0.1) is 0 Å². The quantitative estimate of drug-likeness (QED) is 0.0405. The van der Waals surface area contributed by atoms with Gasteiger partial charge in [-0.05, 0) is 26.7 Å². The first-order chi connectivity index (χ1) is 29.2. The summed E-state index contributed by atoms with van der Waals surface area (Å²) in [6.45, 7) is 0.371. The Morgan fingerprint density at radius 2 is 1.34 bits per heavy atom. The molecule has 0 unspecified atom stereocenters. The molecular weight excluding hydrogens is 865 g/mol. The Bertz CT molecular complexity index is 1770. The van der Waals surface area contributed by atoms with Gasteiger partial charge in [-0.15, -0.1) is 0 Å². The number of hydrogen-bond donors (Lipinski definition) is 16. The van der Waals surface area contributed by atoms with E-state index >= 15 is 0 Å². The van der Waals surface area contributed by atoms with Crippen LogP contribution >= 0.6 is 25.3 Å². The molecular formula is C34H54N12O14S2. The van der Waals surface area contributed by atoms with E-state index in [-0.39, 0.29) is 30.9 Å². The molecule has 2 rings (SSSR count). The molecule has 1 aromatic heterocycles. The highest BCUT2D eigenvalue weighted by Crippen LogP contribution is 2.19. The SMILES string of the molecule is C[C@H](NC(=O)[C@@H](NC(=O)[C@H](CC(N)=O)NC(=O)[C@H](CO)NC(=O)[C@H](CO)NC(=O)[C@@H](N)CS)[C@@H](C)O)C(=O)N1CCC[C@H]1C(=O)N[C@@H](Cc1cnc[nH]1)C(=O)N[C@@H](CS)C(=O)O. The molecule has 0 saturated carbocycles. The summed E-state index contributed by atoms with van der Waals surface area (Å²) in [4.78, 5) is 136. The molecule has 26 nitrogen and oxygen atoms in total. The number of hydrogen-bond acceptors (Lipinski definition) is 17. The number of nitrogens with zero attached hydrogens (tertiary/aromatic N) is 2. The highest BCUT2D eigenvalue weighted by atomic mass is 32.1. The van der Waals surface area contributed by atoms with Crippen molar-refractivity contribution in [3.8, 4) is 0 Å². The average molecular weight is 919 g/mol. The van der Waals surface area contributed by atoms with Crippen molar-refractivity contribution in [2.75, 3.05) is 31.3 Å². The van der Waals surface area contributed by atoms with Gasteiger partial charge in [0.25, 0.3) is 0 Å². The molecule has 1 saturated heterocycles. The van der Waals surface area contributed by atoms with Crippen LogP contribution in [0.1, 0.15) is 38.8 Å². The van der Waals surface area contributed by atoms with Gasteiger partial charge < -0.3 is 79.0 Å². The highest BCUT2D eigenvalue weighted by Gasteiger charge is 2.40. The molecule has 0 bridgehead atoms. The van der Waals surface area contributed by atoms with E-state index in [1.807, 2.05) is 0 Å². The number of carbonyl (C=O) groups is 10. The summed E-state index contributed by atoms with van der Waals surface area (Å²) in [5.41, 5.74) is 11.2. The van der Waals surface area contributed by atoms with Crippen molar-refractivity contribution in [1.82, 2.24) is 52.1 Å². The number of rotatable bonds is 25. The first-order valence-corrected chi connectivity index (χ1v) is 20.2. The van der Waals surface area contributed by atoms with Gasteiger partial charge in [0.2, 0.25) is 53.2 Å². The number of H-pyrrole nitrogens is 1. The molecule has 2 heterocycles. The average Bonchev–Trinajstić information content (AvgIpc) is 3.94. The van der Waals surface area contributed by atoms with Gasteiger partial charge in [-0.25, -0.2) is 9.78 Å². The number of primary amides is 1. The number of likely N-dealkylation sites (tertiary alicyclic amines) is 1. The summed E-state index contributed by atoms with van der Waals surface area (Å²) in [7, 11) is 0. The third-order valence-electron chi connectivity index (χ3n) is 9.24. The lowest BCUT2D eigenvalue weighted by molar-refractivity contribution is -0.143. The van der Waals surface area contributed by atoms with Crippen molar-refractivity contribution < 1.29 is 68.4 Å². The molecule has 28 heteroatoms. The lowest BCUT2D eigenvalue weighted by atomic mass is 10.1. The number of amides is 9. The number of carboxylic acid groups (broad SMARTS) is 1. The zero-order chi connectivity index (χ0) is 46.8. The molecule has 0 aliphatic carbocycles. The van der Waals surface area contributed by atoms with Gasteiger partial charge in [0, 0.05) is 36.4 Å². The first kappa shape index (κ1) is 52.6. The number of aliphatic carboxylic acids is 1. The third kappa shape index (κ3) is 15.7. The van der Waals surface area contributed by atoms with E-state index in [2.05, 4.69) is 72.4 Å². The Labute approximate surface area is 365 Å². The minimum atomic E-state index is -1.86. The molecule has 16 N–H and O–H groups in total. The number of aliphatic hydroxyl groups excluding tert-OH is 3. The largest absolute Gasteiger partial charge is 0.480 e. The Morgan fingerprint density at radius 1 is 0.790 bits per heavy atom. The van der Waals surface area contributed by atoms with Gasteiger partial charge in [-0.1, -0.05) is 0 Å². The van der Waals surface area contributed by atoms with Gasteiger partial charge >= 0.3 is 5.97 Å². The van der Waals surface area contributed by atoms with Crippen LogP contribution in [-0.2, 0) is 54.4 Å². The maximum atomic E-state index is 13.6. The number of nitrogens with two attached hydrogens (primary N) is 2. The van der Waals surface area contributed by atoms with Crippen LogP contribution in [0.5, 0.6) is 0 Å². The molecule has 0 aromatic carbocycles. The standard InChI is InChI=1S/C34H54N12O14S2/c1-14(33(58)46-5-3-4-23(46)31(56)41-18(6-16-8-37-13-38-16)27(52)44-22(12-62)34(59)60)39-32(57)25(15(2)49)45-28(53)19(7-24(36)50)40-29(54)21(10-48)43-30(55)20(9-47)42-26(51)17(35)11-61/h8,13-15,17-23,25,47-49,61-62H,3-7,9-12,35H2,1-2H3,(H2,36,50)(H,37,38)(H,39,57)(H,40,54)(H,41,56)(H,42,51)(H,43,55)(H,44,52)(H,45,53)(H,59,60)/t14-,15+,17-,18-,19-,20-,21-,22-,23-,25-/m0/s1. The van der Waals surface area contributed by atoms with Crippen LogP contribution in [0.15, 0.2) is 12.5 Å². The number of aromatic nitrogens is 2. The van der Waals surface area contributed by atoms with Crippen molar-refractivity contribution in [3.05, 3.63) is 18.2 Å². The number of carboxylic acids is 1. The summed E-state index contributed by atoms with van der Waals surface area (Å²) in [6.07, 6.45) is 0.538. The summed E-state index contributed by atoms with van der Waals surface area (Å²) < 4.78 is 0.